The van der Waals surface area contributed by atoms with Crippen molar-refractivity contribution in [2.75, 3.05) is 26.2 Å². The average Bonchev–Trinajstić information content (AvgIpc) is 2.75. The van der Waals surface area contributed by atoms with E-state index < -0.39 is 55.5 Å². The van der Waals surface area contributed by atoms with Crippen molar-refractivity contribution in [3.63, 3.8) is 0 Å². The molecule has 1 fully saturated rings. The molecule has 20 heavy (non-hydrogen) atoms. The summed E-state index contributed by atoms with van der Waals surface area (Å²) in [6.07, 6.45) is -5.44. The van der Waals surface area contributed by atoms with Crippen molar-refractivity contribution in [3.8, 4) is 0 Å². The Morgan fingerprint density at radius 3 is 1.95 bits per heavy atom. The largest absolute Gasteiger partial charge is 0.480 e. The monoisotopic (exact) mass is 298 g/mol. The molecule has 0 saturated carbocycles. The molecule has 114 valence electrons. The molecule has 1 atom stereocenters. The Hall–Kier alpha value is -1.84. The Labute approximate surface area is 111 Å². The fraction of sp³-hybridized carbons (Fsp3) is 0.700. The van der Waals surface area contributed by atoms with Crippen LogP contribution in [0.4, 0.5) is 13.2 Å². The Balaban J connectivity index is 3.07. The highest BCUT2D eigenvalue weighted by atomic mass is 19.4. The molecule has 1 aliphatic rings. The summed E-state index contributed by atoms with van der Waals surface area (Å²) in [6, 6.07) is 0. The highest BCUT2D eigenvalue weighted by Crippen LogP contribution is 2.44. The second kappa shape index (κ2) is 5.65. The number of nitrogens with one attached hydrogen (secondary N) is 1. The van der Waals surface area contributed by atoms with Crippen LogP contribution in [0.15, 0.2) is 0 Å². The summed E-state index contributed by atoms with van der Waals surface area (Å²) in [5.74, 6) is -4.69. The zero-order valence-electron chi connectivity index (χ0n) is 10.2. The summed E-state index contributed by atoms with van der Waals surface area (Å²) in [6.45, 7) is -2.93. The van der Waals surface area contributed by atoms with Crippen LogP contribution in [-0.2, 0) is 14.4 Å². The van der Waals surface area contributed by atoms with Crippen LogP contribution >= 0.6 is 0 Å². The van der Waals surface area contributed by atoms with Crippen LogP contribution in [0.2, 0.25) is 0 Å². The topological polar surface area (TPSA) is 107 Å². The number of carboxylic acids is 2. The van der Waals surface area contributed by atoms with E-state index in [-0.39, 0.29) is 11.4 Å². The Morgan fingerprint density at radius 2 is 1.65 bits per heavy atom. The van der Waals surface area contributed by atoms with Gasteiger partial charge >= 0.3 is 18.1 Å². The number of alkyl halides is 3. The van der Waals surface area contributed by atoms with Gasteiger partial charge in [0.1, 0.15) is 13.1 Å². The summed E-state index contributed by atoms with van der Waals surface area (Å²) in [5.41, 5.74) is -2.77. The summed E-state index contributed by atoms with van der Waals surface area (Å²) in [7, 11) is 0. The van der Waals surface area contributed by atoms with Gasteiger partial charge in [-0.15, -0.1) is 0 Å². The molecule has 0 radical (unpaired) electrons. The zero-order valence-corrected chi connectivity index (χ0v) is 10.2. The quantitative estimate of drug-likeness (QED) is 0.633. The minimum absolute atomic E-state index is 0.0563. The van der Waals surface area contributed by atoms with Crippen LogP contribution in [0, 0.1) is 5.41 Å². The maximum Gasteiger partial charge on any atom is 0.404 e. The van der Waals surface area contributed by atoms with Crippen LogP contribution in [0.5, 0.6) is 0 Å². The predicted molar refractivity (Wildman–Crippen MR) is 57.8 cm³/mol. The first kappa shape index (κ1) is 16.2. The molecule has 10 heteroatoms. The molecular weight excluding hydrogens is 285 g/mol. The SMILES string of the molecule is O=C(O)CN(CC(=O)O)C(=O)C1(C(F)(F)F)CCNC1. The van der Waals surface area contributed by atoms with E-state index in [9.17, 15) is 27.6 Å². The van der Waals surface area contributed by atoms with Gasteiger partial charge in [0.25, 0.3) is 0 Å². The third kappa shape index (κ3) is 3.18. The number of halogens is 3. The highest BCUT2D eigenvalue weighted by Gasteiger charge is 2.62. The van der Waals surface area contributed by atoms with Gasteiger partial charge in [0.15, 0.2) is 5.41 Å². The number of rotatable bonds is 5. The maximum atomic E-state index is 13.1. The number of aliphatic carboxylic acids is 2. The molecule has 1 heterocycles. The summed E-state index contributed by atoms with van der Waals surface area (Å²) in [4.78, 5) is 33.4. The van der Waals surface area contributed by atoms with E-state index in [0.29, 0.717) is 0 Å². The van der Waals surface area contributed by atoms with Crippen molar-refractivity contribution >= 4 is 17.8 Å². The molecule has 1 amide bonds. The smallest absolute Gasteiger partial charge is 0.404 e. The molecule has 1 aliphatic heterocycles. The van der Waals surface area contributed by atoms with E-state index in [1.165, 1.54) is 0 Å². The highest BCUT2D eigenvalue weighted by molar-refractivity contribution is 5.90. The summed E-state index contributed by atoms with van der Waals surface area (Å²) in [5, 5.41) is 19.6. The van der Waals surface area contributed by atoms with E-state index in [1.54, 1.807) is 0 Å². The maximum absolute atomic E-state index is 13.1. The van der Waals surface area contributed by atoms with Crippen molar-refractivity contribution in [2.45, 2.75) is 12.6 Å². The van der Waals surface area contributed by atoms with E-state index >= 15 is 0 Å². The standard InChI is InChI=1S/C10H13F3N2O5/c11-10(12,13)9(1-2-14-5-9)8(20)15(3-6(16)17)4-7(18)19/h14H,1-5H2,(H,16,17)(H,18,19). The van der Waals surface area contributed by atoms with Gasteiger partial charge in [0, 0.05) is 6.54 Å². The third-order valence-corrected chi connectivity index (χ3v) is 3.05. The second-order valence-corrected chi connectivity index (χ2v) is 4.46. The first-order valence-electron chi connectivity index (χ1n) is 5.60. The molecular formula is C10H13F3N2O5. The zero-order chi connectivity index (χ0) is 15.6. The van der Waals surface area contributed by atoms with Gasteiger partial charge in [-0.25, -0.2) is 0 Å². The molecule has 0 aromatic rings. The lowest BCUT2D eigenvalue weighted by atomic mass is 9.84. The van der Waals surface area contributed by atoms with Crippen molar-refractivity contribution < 1.29 is 37.8 Å². The lowest BCUT2D eigenvalue weighted by Gasteiger charge is -2.33. The van der Waals surface area contributed by atoms with E-state index in [4.69, 9.17) is 10.2 Å². The van der Waals surface area contributed by atoms with E-state index in [0.717, 1.165) is 0 Å². The van der Waals surface area contributed by atoms with Crippen molar-refractivity contribution in [1.82, 2.24) is 10.2 Å². The third-order valence-electron chi connectivity index (χ3n) is 3.05. The number of carbonyl (C=O) groups excluding carboxylic acids is 1. The molecule has 0 bridgehead atoms. The molecule has 0 aromatic carbocycles. The van der Waals surface area contributed by atoms with Gasteiger partial charge in [0.2, 0.25) is 5.91 Å². The lowest BCUT2D eigenvalue weighted by Crippen LogP contribution is -2.55. The number of nitrogens with zero attached hydrogens (tertiary/aromatic N) is 1. The molecule has 0 aromatic heterocycles. The van der Waals surface area contributed by atoms with Crippen molar-refractivity contribution in [2.24, 2.45) is 5.41 Å². The minimum Gasteiger partial charge on any atom is -0.480 e. The summed E-state index contributed by atoms with van der Waals surface area (Å²) < 4.78 is 39.4. The Morgan fingerprint density at radius 1 is 1.15 bits per heavy atom. The van der Waals surface area contributed by atoms with Crippen molar-refractivity contribution in [1.29, 1.82) is 0 Å². The fourth-order valence-electron chi connectivity index (χ4n) is 2.07. The number of carbonyl (C=O) groups is 3. The van der Waals surface area contributed by atoms with Gasteiger partial charge in [-0.1, -0.05) is 0 Å². The molecule has 7 nitrogen and oxygen atoms in total. The van der Waals surface area contributed by atoms with E-state index in [1.807, 2.05) is 0 Å². The molecule has 1 unspecified atom stereocenters. The second-order valence-electron chi connectivity index (χ2n) is 4.46. The normalized spacial score (nSPS) is 22.6. The number of amides is 1. The number of hydrogen-bond donors (Lipinski definition) is 3. The van der Waals surface area contributed by atoms with Crippen LogP contribution in [0.3, 0.4) is 0 Å². The first-order chi connectivity index (χ1) is 9.10. The molecule has 0 spiro atoms. The van der Waals surface area contributed by atoms with Crippen LogP contribution < -0.4 is 5.32 Å². The van der Waals surface area contributed by atoms with Crippen LogP contribution in [-0.4, -0.2) is 65.3 Å². The fourth-order valence-corrected chi connectivity index (χ4v) is 2.07. The van der Waals surface area contributed by atoms with Gasteiger partial charge in [-0.3, -0.25) is 14.4 Å². The summed E-state index contributed by atoms with van der Waals surface area (Å²) >= 11 is 0. The number of carboxylic acid groups (broad SMARTS) is 2. The lowest BCUT2D eigenvalue weighted by molar-refractivity contribution is -0.222. The molecule has 1 saturated heterocycles. The predicted octanol–water partition coefficient (Wildman–Crippen LogP) is -0.474. The minimum atomic E-state index is -4.89. The Kier molecular flexibility index (Phi) is 4.58. The van der Waals surface area contributed by atoms with E-state index in [2.05, 4.69) is 5.32 Å². The molecule has 0 aliphatic carbocycles. The van der Waals surface area contributed by atoms with Gasteiger partial charge in [-0.05, 0) is 13.0 Å². The van der Waals surface area contributed by atoms with Gasteiger partial charge in [0.05, 0.1) is 0 Å². The van der Waals surface area contributed by atoms with Crippen molar-refractivity contribution in [3.05, 3.63) is 0 Å². The van der Waals surface area contributed by atoms with Gasteiger partial charge < -0.3 is 20.4 Å². The molecule has 3 N–H and O–H groups in total. The average molecular weight is 298 g/mol. The van der Waals surface area contributed by atoms with Crippen LogP contribution in [0.1, 0.15) is 6.42 Å². The Bertz CT molecular complexity index is 402. The molecule has 1 rings (SSSR count). The first-order valence-corrected chi connectivity index (χ1v) is 5.60. The van der Waals surface area contributed by atoms with Crippen LogP contribution in [0.25, 0.3) is 0 Å². The van der Waals surface area contributed by atoms with Gasteiger partial charge in [-0.2, -0.15) is 13.2 Å². The number of hydrogen-bond acceptors (Lipinski definition) is 4.